The van der Waals surface area contributed by atoms with Crippen molar-refractivity contribution in [3.05, 3.63) is 23.0 Å². The van der Waals surface area contributed by atoms with Crippen molar-refractivity contribution in [3.8, 4) is 0 Å². The highest BCUT2D eigenvalue weighted by molar-refractivity contribution is 5.90. The molecule has 0 saturated carbocycles. The molecule has 0 saturated heterocycles. The molecule has 0 radical (unpaired) electrons. The smallest absolute Gasteiger partial charge is 0.357 e. The van der Waals surface area contributed by atoms with Gasteiger partial charge in [-0.15, -0.1) is 0 Å². The van der Waals surface area contributed by atoms with Gasteiger partial charge in [0.2, 0.25) is 0 Å². The van der Waals surface area contributed by atoms with Crippen molar-refractivity contribution in [1.82, 2.24) is 4.98 Å². The summed E-state index contributed by atoms with van der Waals surface area (Å²) in [6.07, 6.45) is -1.76. The topological polar surface area (TPSA) is 91.2 Å². The number of ether oxygens (including phenoxy) is 1. The van der Waals surface area contributed by atoms with Crippen LogP contribution in [0.4, 0.5) is 14.5 Å². The molecule has 1 rings (SSSR count). The van der Waals surface area contributed by atoms with Gasteiger partial charge in [-0.2, -0.15) is 0 Å². The number of carbonyl (C=O) groups excluding carboxylic acids is 1. The van der Waals surface area contributed by atoms with Crippen molar-refractivity contribution in [3.63, 3.8) is 0 Å². The van der Waals surface area contributed by atoms with E-state index in [1.165, 1.54) is 0 Å². The molecule has 0 bridgehead atoms. The highest BCUT2D eigenvalue weighted by atomic mass is 19.3. The molecule has 0 aliphatic carbocycles. The SMILES string of the molecule is CCOC(=O)c1ncc(N)c(CN)c1C(F)F. The molecule has 0 amide bonds. The van der Waals surface area contributed by atoms with E-state index in [1.807, 2.05) is 0 Å². The average Bonchev–Trinajstić information content (AvgIpc) is 2.28. The number of nitrogen functional groups attached to an aromatic ring is 1. The molecule has 5 nitrogen and oxygen atoms in total. The minimum Gasteiger partial charge on any atom is -0.461 e. The molecular formula is C10H13F2N3O2. The third kappa shape index (κ3) is 2.68. The molecule has 7 heteroatoms. The van der Waals surface area contributed by atoms with Crippen LogP contribution in [0.3, 0.4) is 0 Å². The van der Waals surface area contributed by atoms with Crippen LogP contribution >= 0.6 is 0 Å². The Morgan fingerprint density at radius 2 is 2.24 bits per heavy atom. The van der Waals surface area contributed by atoms with Crippen LogP contribution in [0.25, 0.3) is 0 Å². The second-order valence-electron chi connectivity index (χ2n) is 3.18. The summed E-state index contributed by atoms with van der Waals surface area (Å²) in [5.41, 5.74) is 9.90. The van der Waals surface area contributed by atoms with E-state index in [2.05, 4.69) is 9.72 Å². The first-order chi connectivity index (χ1) is 8.02. The minimum absolute atomic E-state index is 0.0260. The summed E-state index contributed by atoms with van der Waals surface area (Å²) in [5.74, 6) is -0.905. The molecule has 1 aromatic rings. The first kappa shape index (κ1) is 13.3. The van der Waals surface area contributed by atoms with E-state index in [1.54, 1.807) is 6.92 Å². The second kappa shape index (κ2) is 5.53. The number of alkyl halides is 2. The Kier molecular flexibility index (Phi) is 4.33. The lowest BCUT2D eigenvalue weighted by Gasteiger charge is -2.13. The van der Waals surface area contributed by atoms with Crippen molar-refractivity contribution in [2.75, 3.05) is 12.3 Å². The van der Waals surface area contributed by atoms with Crippen LogP contribution in [-0.2, 0) is 11.3 Å². The second-order valence-corrected chi connectivity index (χ2v) is 3.18. The van der Waals surface area contributed by atoms with Crippen molar-refractivity contribution in [1.29, 1.82) is 0 Å². The lowest BCUT2D eigenvalue weighted by Crippen LogP contribution is -2.16. The van der Waals surface area contributed by atoms with Gasteiger partial charge in [0.05, 0.1) is 24.1 Å². The van der Waals surface area contributed by atoms with Gasteiger partial charge >= 0.3 is 5.97 Å². The summed E-state index contributed by atoms with van der Waals surface area (Å²) in [7, 11) is 0. The van der Waals surface area contributed by atoms with Gasteiger partial charge in [-0.3, -0.25) is 0 Å². The Bertz CT molecular complexity index is 424. The highest BCUT2D eigenvalue weighted by Gasteiger charge is 2.25. The molecule has 0 spiro atoms. The summed E-state index contributed by atoms with van der Waals surface area (Å²) >= 11 is 0. The van der Waals surface area contributed by atoms with Crippen LogP contribution in [0.2, 0.25) is 0 Å². The van der Waals surface area contributed by atoms with Crippen LogP contribution in [0.5, 0.6) is 0 Å². The zero-order chi connectivity index (χ0) is 13.0. The van der Waals surface area contributed by atoms with Crippen molar-refractivity contribution >= 4 is 11.7 Å². The number of nitrogens with two attached hydrogens (primary N) is 2. The number of esters is 1. The van der Waals surface area contributed by atoms with Crippen LogP contribution < -0.4 is 11.5 Å². The van der Waals surface area contributed by atoms with E-state index in [-0.39, 0.29) is 24.4 Å². The maximum Gasteiger partial charge on any atom is 0.357 e. The zero-order valence-electron chi connectivity index (χ0n) is 9.24. The lowest BCUT2D eigenvalue weighted by atomic mass is 10.1. The Morgan fingerprint density at radius 1 is 1.59 bits per heavy atom. The third-order valence-corrected chi connectivity index (χ3v) is 2.15. The Labute approximate surface area is 96.8 Å². The van der Waals surface area contributed by atoms with E-state index in [9.17, 15) is 13.6 Å². The molecule has 0 atom stereocenters. The summed E-state index contributed by atoms with van der Waals surface area (Å²) in [6.45, 7) is 1.45. The molecule has 94 valence electrons. The Hall–Kier alpha value is -1.76. The summed E-state index contributed by atoms with van der Waals surface area (Å²) in [4.78, 5) is 15.0. The molecule has 0 unspecified atom stereocenters. The first-order valence-corrected chi connectivity index (χ1v) is 4.95. The number of carbonyl (C=O) groups is 1. The summed E-state index contributed by atoms with van der Waals surface area (Å²) in [6, 6.07) is 0. The maximum atomic E-state index is 12.9. The number of rotatable bonds is 4. The Morgan fingerprint density at radius 3 is 2.71 bits per heavy atom. The minimum atomic E-state index is -2.89. The summed E-state index contributed by atoms with van der Waals surface area (Å²) in [5, 5.41) is 0. The average molecular weight is 245 g/mol. The fourth-order valence-electron chi connectivity index (χ4n) is 1.40. The van der Waals surface area contributed by atoms with Gasteiger partial charge < -0.3 is 16.2 Å². The van der Waals surface area contributed by atoms with Gasteiger partial charge in [0.15, 0.2) is 5.69 Å². The van der Waals surface area contributed by atoms with Gasteiger partial charge in [0, 0.05) is 12.1 Å². The number of anilines is 1. The number of hydrogen-bond donors (Lipinski definition) is 2. The van der Waals surface area contributed by atoms with Crippen LogP contribution in [0.1, 0.15) is 35.0 Å². The van der Waals surface area contributed by atoms with Crippen LogP contribution in [0, 0.1) is 0 Å². The summed E-state index contributed by atoms with van der Waals surface area (Å²) < 4.78 is 30.4. The van der Waals surface area contributed by atoms with Crippen molar-refractivity contribution in [2.45, 2.75) is 19.9 Å². The van der Waals surface area contributed by atoms with Gasteiger partial charge in [0.25, 0.3) is 6.43 Å². The highest BCUT2D eigenvalue weighted by Crippen LogP contribution is 2.29. The molecule has 0 aliphatic heterocycles. The molecule has 1 aromatic heterocycles. The normalized spacial score (nSPS) is 10.6. The van der Waals surface area contributed by atoms with E-state index >= 15 is 0 Å². The molecule has 4 N–H and O–H groups in total. The number of pyridine rings is 1. The molecule has 1 heterocycles. The van der Waals surface area contributed by atoms with Gasteiger partial charge in [0.1, 0.15) is 0 Å². The molecule has 0 aliphatic rings. The van der Waals surface area contributed by atoms with Crippen LogP contribution in [-0.4, -0.2) is 17.6 Å². The van der Waals surface area contributed by atoms with E-state index < -0.39 is 23.7 Å². The molecule has 0 fully saturated rings. The van der Waals surface area contributed by atoms with Crippen molar-refractivity contribution in [2.24, 2.45) is 5.73 Å². The molecular weight excluding hydrogens is 232 g/mol. The monoisotopic (exact) mass is 245 g/mol. The number of nitrogens with zero attached hydrogens (tertiary/aromatic N) is 1. The quantitative estimate of drug-likeness (QED) is 0.778. The number of halogens is 2. The Balaban J connectivity index is 3.35. The number of aromatic nitrogens is 1. The molecule has 0 aromatic carbocycles. The lowest BCUT2D eigenvalue weighted by molar-refractivity contribution is 0.0507. The predicted octanol–water partition coefficient (Wildman–Crippen LogP) is 1.24. The van der Waals surface area contributed by atoms with Crippen LogP contribution in [0.15, 0.2) is 6.20 Å². The predicted molar refractivity (Wildman–Crippen MR) is 57.5 cm³/mol. The maximum absolute atomic E-state index is 12.9. The standard InChI is InChI=1S/C10H13F2N3O2/c1-2-17-10(16)8-7(9(11)12)5(3-13)6(14)4-15-8/h4,9H,2-3,13-14H2,1H3. The number of hydrogen-bond acceptors (Lipinski definition) is 5. The van der Waals surface area contributed by atoms with Gasteiger partial charge in [-0.1, -0.05) is 0 Å². The van der Waals surface area contributed by atoms with E-state index in [4.69, 9.17) is 11.5 Å². The third-order valence-electron chi connectivity index (χ3n) is 2.15. The fraction of sp³-hybridized carbons (Fsp3) is 0.400. The van der Waals surface area contributed by atoms with Gasteiger partial charge in [-0.05, 0) is 6.92 Å². The molecule has 17 heavy (non-hydrogen) atoms. The van der Waals surface area contributed by atoms with E-state index in [0.29, 0.717) is 0 Å². The van der Waals surface area contributed by atoms with Crippen molar-refractivity contribution < 1.29 is 18.3 Å². The first-order valence-electron chi connectivity index (χ1n) is 4.95. The largest absolute Gasteiger partial charge is 0.461 e. The zero-order valence-corrected chi connectivity index (χ0v) is 9.24. The fourth-order valence-corrected chi connectivity index (χ4v) is 1.40. The van der Waals surface area contributed by atoms with E-state index in [0.717, 1.165) is 6.20 Å². The van der Waals surface area contributed by atoms with Gasteiger partial charge in [-0.25, -0.2) is 18.6 Å².